The third kappa shape index (κ3) is 1.72. The maximum absolute atomic E-state index is 11.9. The molecule has 5 nitrogen and oxygen atoms in total. The Labute approximate surface area is 110 Å². The first-order chi connectivity index (χ1) is 9.07. The molecule has 0 radical (unpaired) electrons. The fourth-order valence-electron chi connectivity index (χ4n) is 2.58. The van der Waals surface area contributed by atoms with Gasteiger partial charge in [-0.2, -0.15) is 5.26 Å². The van der Waals surface area contributed by atoms with E-state index in [1.54, 1.807) is 24.3 Å². The van der Waals surface area contributed by atoms with Crippen LogP contribution >= 0.6 is 0 Å². The predicted molar refractivity (Wildman–Crippen MR) is 66.2 cm³/mol. The lowest BCUT2D eigenvalue weighted by Gasteiger charge is -2.27. The highest BCUT2D eigenvalue weighted by Gasteiger charge is 2.59. The first-order valence-electron chi connectivity index (χ1n) is 6.18. The Morgan fingerprint density at radius 3 is 2.37 bits per heavy atom. The molecule has 1 heterocycles. The minimum Gasteiger partial charge on any atom is -0.308 e. The van der Waals surface area contributed by atoms with E-state index in [9.17, 15) is 14.9 Å². The first kappa shape index (κ1) is 11.9. The molecule has 1 aromatic carbocycles. The van der Waals surface area contributed by atoms with Crippen molar-refractivity contribution in [1.29, 1.82) is 5.26 Å². The van der Waals surface area contributed by atoms with Gasteiger partial charge in [-0.15, -0.1) is 0 Å². The number of benzene rings is 1. The van der Waals surface area contributed by atoms with Gasteiger partial charge in [0, 0.05) is 0 Å². The lowest BCUT2D eigenvalue weighted by molar-refractivity contribution is -0.142. The number of hydrogen-bond acceptors (Lipinski definition) is 4. The SMILES string of the molecule is N#CC(N)(CN1C(=O)C2CC2C1=O)c1ccccc1. The van der Waals surface area contributed by atoms with Crippen LogP contribution in [0, 0.1) is 23.2 Å². The molecule has 1 saturated heterocycles. The van der Waals surface area contributed by atoms with Crippen molar-refractivity contribution in [2.75, 3.05) is 6.54 Å². The Morgan fingerprint density at radius 1 is 1.26 bits per heavy atom. The van der Waals surface area contributed by atoms with E-state index >= 15 is 0 Å². The first-order valence-corrected chi connectivity index (χ1v) is 6.18. The third-order valence-corrected chi connectivity index (χ3v) is 3.85. The summed E-state index contributed by atoms with van der Waals surface area (Å²) in [4.78, 5) is 25.0. The molecule has 1 aliphatic carbocycles. The Balaban J connectivity index is 1.87. The molecule has 96 valence electrons. The summed E-state index contributed by atoms with van der Waals surface area (Å²) >= 11 is 0. The van der Waals surface area contributed by atoms with Crippen LogP contribution in [0.5, 0.6) is 0 Å². The number of carbonyl (C=O) groups is 2. The molecule has 3 atom stereocenters. The van der Waals surface area contributed by atoms with Crippen LogP contribution < -0.4 is 5.73 Å². The van der Waals surface area contributed by atoms with Gasteiger partial charge in [-0.1, -0.05) is 30.3 Å². The van der Waals surface area contributed by atoms with Gasteiger partial charge >= 0.3 is 0 Å². The molecule has 2 amide bonds. The number of piperidine rings is 1. The Kier molecular flexibility index (Phi) is 2.44. The number of rotatable bonds is 3. The number of likely N-dealkylation sites (tertiary alicyclic amines) is 1. The lowest BCUT2D eigenvalue weighted by atomic mass is 9.92. The number of hydrogen-bond donors (Lipinski definition) is 1. The summed E-state index contributed by atoms with van der Waals surface area (Å²) in [6.45, 7) is -0.0713. The molecule has 5 heteroatoms. The second kappa shape index (κ2) is 3.90. The van der Waals surface area contributed by atoms with Crippen molar-refractivity contribution in [2.45, 2.75) is 12.0 Å². The molecule has 1 saturated carbocycles. The number of amides is 2. The molecular formula is C14H13N3O2. The molecule has 0 spiro atoms. The van der Waals surface area contributed by atoms with Gasteiger partial charge in [0.1, 0.15) is 5.54 Å². The summed E-state index contributed by atoms with van der Waals surface area (Å²) in [5.41, 5.74) is 5.34. The predicted octanol–water partition coefficient (Wildman–Crippen LogP) is 0.369. The molecular weight excluding hydrogens is 242 g/mol. The molecule has 19 heavy (non-hydrogen) atoms. The summed E-state index contributed by atoms with van der Waals surface area (Å²) in [6, 6.07) is 10.9. The highest BCUT2D eigenvalue weighted by atomic mass is 16.2. The summed E-state index contributed by atoms with van der Waals surface area (Å²) < 4.78 is 0. The average Bonchev–Trinajstić information content (AvgIpc) is 3.20. The topological polar surface area (TPSA) is 87.2 Å². The van der Waals surface area contributed by atoms with Gasteiger partial charge < -0.3 is 5.73 Å². The highest BCUT2D eigenvalue weighted by molar-refractivity contribution is 6.08. The van der Waals surface area contributed by atoms with Gasteiger partial charge in [0.05, 0.1) is 24.4 Å². The van der Waals surface area contributed by atoms with Crippen LogP contribution in [0.1, 0.15) is 12.0 Å². The van der Waals surface area contributed by atoms with E-state index < -0.39 is 5.54 Å². The van der Waals surface area contributed by atoms with Crippen LogP contribution in [-0.4, -0.2) is 23.3 Å². The lowest BCUT2D eigenvalue weighted by Crippen LogP contribution is -2.49. The van der Waals surface area contributed by atoms with E-state index in [2.05, 4.69) is 0 Å². The molecule has 3 rings (SSSR count). The number of imide groups is 1. The standard InChI is InChI=1S/C14H13N3O2/c15-7-14(16,9-4-2-1-3-5-9)8-17-12(18)10-6-11(10)13(17)19/h1-5,10-11H,6,8,16H2. The fourth-order valence-corrected chi connectivity index (χ4v) is 2.58. The molecule has 0 aromatic heterocycles. The van der Waals surface area contributed by atoms with Crippen molar-refractivity contribution in [1.82, 2.24) is 4.90 Å². The van der Waals surface area contributed by atoms with E-state index in [0.717, 1.165) is 4.90 Å². The van der Waals surface area contributed by atoms with E-state index in [4.69, 9.17) is 5.73 Å². The summed E-state index contributed by atoms with van der Waals surface area (Å²) in [5, 5.41) is 9.32. The van der Waals surface area contributed by atoms with Gasteiger partial charge in [-0.05, 0) is 12.0 Å². The second-order valence-corrected chi connectivity index (χ2v) is 5.16. The Morgan fingerprint density at radius 2 is 1.84 bits per heavy atom. The van der Waals surface area contributed by atoms with Gasteiger partial charge in [0.25, 0.3) is 0 Å². The monoisotopic (exact) mass is 255 g/mol. The number of nitrogens with zero attached hydrogens (tertiary/aromatic N) is 2. The molecule has 1 aromatic rings. The maximum Gasteiger partial charge on any atom is 0.233 e. The normalized spacial score (nSPS) is 27.7. The van der Waals surface area contributed by atoms with Gasteiger partial charge in [-0.3, -0.25) is 14.5 Å². The largest absolute Gasteiger partial charge is 0.308 e. The Bertz CT molecular complexity index is 572. The van der Waals surface area contributed by atoms with Crippen LogP contribution in [-0.2, 0) is 15.1 Å². The number of fused-ring (bicyclic) bond motifs is 1. The van der Waals surface area contributed by atoms with Crippen molar-refractivity contribution in [3.05, 3.63) is 35.9 Å². The van der Waals surface area contributed by atoms with Gasteiger partial charge in [-0.25, -0.2) is 0 Å². The summed E-state index contributed by atoms with van der Waals surface area (Å²) in [6.07, 6.45) is 0.656. The van der Waals surface area contributed by atoms with Crippen LogP contribution in [0.4, 0.5) is 0 Å². The van der Waals surface area contributed by atoms with Crippen LogP contribution in [0.15, 0.2) is 30.3 Å². The highest BCUT2D eigenvalue weighted by Crippen LogP contribution is 2.47. The van der Waals surface area contributed by atoms with Crippen molar-refractivity contribution in [3.8, 4) is 6.07 Å². The molecule has 3 unspecified atom stereocenters. The summed E-state index contributed by atoms with van der Waals surface area (Å²) in [7, 11) is 0. The zero-order chi connectivity index (χ0) is 13.6. The van der Waals surface area contributed by atoms with Crippen LogP contribution in [0.2, 0.25) is 0 Å². The summed E-state index contributed by atoms with van der Waals surface area (Å²) in [5.74, 6) is -0.690. The minimum absolute atomic E-state index is 0.0713. The van der Waals surface area contributed by atoms with E-state index in [0.29, 0.717) is 12.0 Å². The molecule has 1 aliphatic heterocycles. The number of nitrogens with two attached hydrogens (primary N) is 1. The van der Waals surface area contributed by atoms with Gasteiger partial charge in [0.15, 0.2) is 0 Å². The van der Waals surface area contributed by atoms with Crippen molar-refractivity contribution in [2.24, 2.45) is 17.6 Å². The molecule has 2 aliphatic rings. The van der Waals surface area contributed by atoms with Crippen molar-refractivity contribution < 1.29 is 9.59 Å². The van der Waals surface area contributed by atoms with Gasteiger partial charge in [0.2, 0.25) is 11.8 Å². The smallest absolute Gasteiger partial charge is 0.233 e. The van der Waals surface area contributed by atoms with E-state index in [1.165, 1.54) is 0 Å². The quantitative estimate of drug-likeness (QED) is 0.790. The molecule has 2 fully saturated rings. The van der Waals surface area contributed by atoms with Crippen molar-refractivity contribution >= 4 is 11.8 Å². The van der Waals surface area contributed by atoms with Crippen LogP contribution in [0.25, 0.3) is 0 Å². The number of nitriles is 1. The van der Waals surface area contributed by atoms with E-state index in [-0.39, 0.29) is 30.2 Å². The average molecular weight is 255 g/mol. The maximum atomic E-state index is 11.9. The Hall–Kier alpha value is -2.19. The minimum atomic E-state index is -1.34. The third-order valence-electron chi connectivity index (χ3n) is 3.85. The second-order valence-electron chi connectivity index (χ2n) is 5.16. The molecule has 0 bridgehead atoms. The zero-order valence-electron chi connectivity index (χ0n) is 10.2. The van der Waals surface area contributed by atoms with E-state index in [1.807, 2.05) is 12.1 Å². The van der Waals surface area contributed by atoms with Crippen LogP contribution in [0.3, 0.4) is 0 Å². The molecule has 2 N–H and O–H groups in total. The zero-order valence-corrected chi connectivity index (χ0v) is 10.2. The number of carbonyl (C=O) groups excluding carboxylic acids is 2. The van der Waals surface area contributed by atoms with Crippen molar-refractivity contribution in [3.63, 3.8) is 0 Å². The fraction of sp³-hybridized carbons (Fsp3) is 0.357.